The van der Waals surface area contributed by atoms with E-state index in [0.717, 1.165) is 38.5 Å². The third-order valence-electron chi connectivity index (χ3n) is 6.61. The number of rotatable bonds is 3. The first-order valence-corrected chi connectivity index (χ1v) is 10.0. The summed E-state index contributed by atoms with van der Waals surface area (Å²) in [6.07, 6.45) is 6.99. The quantitative estimate of drug-likeness (QED) is 0.918. The van der Waals surface area contributed by atoms with E-state index in [1.807, 2.05) is 6.07 Å². The van der Waals surface area contributed by atoms with Crippen LogP contribution < -0.4 is 5.32 Å². The molecule has 4 heteroatoms. The molecular weight excluding hydrogens is 310 g/mol. The fourth-order valence-corrected chi connectivity index (χ4v) is 4.97. The number of amides is 1. The van der Waals surface area contributed by atoms with Crippen molar-refractivity contribution in [3.05, 3.63) is 35.9 Å². The molecule has 1 N–H and O–H groups in total. The molecule has 25 heavy (non-hydrogen) atoms. The lowest BCUT2D eigenvalue weighted by Gasteiger charge is -2.49. The Hall–Kier alpha value is -1.39. The van der Waals surface area contributed by atoms with Crippen molar-refractivity contribution >= 4 is 5.91 Å². The Morgan fingerprint density at radius 3 is 2.64 bits per heavy atom. The summed E-state index contributed by atoms with van der Waals surface area (Å²) in [6, 6.07) is 11.2. The van der Waals surface area contributed by atoms with Gasteiger partial charge in [0.25, 0.3) is 0 Å². The molecule has 3 fully saturated rings. The molecule has 3 aliphatic heterocycles. The summed E-state index contributed by atoms with van der Waals surface area (Å²) in [6.45, 7) is 6.49. The lowest BCUT2D eigenvalue weighted by Crippen LogP contribution is -2.55. The van der Waals surface area contributed by atoms with Crippen molar-refractivity contribution in [2.75, 3.05) is 32.7 Å². The standard InChI is InChI=1S/C21H31N3O/c25-20-8-9-21(17-24(20)16-18-5-2-1-3-6-18)10-13-23(14-11-21)19-7-4-12-22-15-19/h1-3,5-6,19,22H,4,7-17H2. The zero-order valence-corrected chi connectivity index (χ0v) is 15.3. The summed E-state index contributed by atoms with van der Waals surface area (Å²) >= 11 is 0. The number of carbonyl (C=O) groups is 1. The van der Waals surface area contributed by atoms with Crippen LogP contribution in [0.1, 0.15) is 44.1 Å². The Labute approximate surface area is 151 Å². The number of nitrogens with zero attached hydrogens (tertiary/aromatic N) is 2. The molecule has 0 aliphatic carbocycles. The average Bonchev–Trinajstić information content (AvgIpc) is 2.67. The van der Waals surface area contributed by atoms with Crippen LogP contribution in [0.25, 0.3) is 0 Å². The van der Waals surface area contributed by atoms with Crippen molar-refractivity contribution in [3.63, 3.8) is 0 Å². The van der Waals surface area contributed by atoms with Crippen molar-refractivity contribution < 1.29 is 4.79 Å². The Bertz CT molecular complexity index is 574. The second-order valence-electron chi connectivity index (χ2n) is 8.27. The normalized spacial score (nSPS) is 27.6. The third-order valence-corrected chi connectivity index (χ3v) is 6.61. The smallest absolute Gasteiger partial charge is 0.222 e. The highest BCUT2D eigenvalue weighted by Crippen LogP contribution is 2.41. The molecule has 1 spiro atoms. The molecule has 1 unspecified atom stereocenters. The van der Waals surface area contributed by atoms with E-state index in [4.69, 9.17) is 0 Å². The van der Waals surface area contributed by atoms with Crippen LogP contribution in [0.2, 0.25) is 0 Å². The van der Waals surface area contributed by atoms with E-state index in [1.165, 1.54) is 50.9 Å². The molecule has 1 amide bonds. The van der Waals surface area contributed by atoms with Gasteiger partial charge >= 0.3 is 0 Å². The predicted molar refractivity (Wildman–Crippen MR) is 100 cm³/mol. The van der Waals surface area contributed by atoms with Crippen molar-refractivity contribution in [1.29, 1.82) is 0 Å². The zero-order valence-electron chi connectivity index (χ0n) is 15.3. The Kier molecular flexibility index (Phi) is 5.09. The summed E-state index contributed by atoms with van der Waals surface area (Å²) in [5, 5.41) is 3.55. The van der Waals surface area contributed by atoms with Crippen molar-refractivity contribution in [1.82, 2.24) is 15.1 Å². The van der Waals surface area contributed by atoms with E-state index in [9.17, 15) is 4.79 Å². The van der Waals surface area contributed by atoms with Gasteiger partial charge in [0.2, 0.25) is 5.91 Å². The van der Waals surface area contributed by atoms with Crippen LogP contribution in [0.15, 0.2) is 30.3 Å². The highest BCUT2D eigenvalue weighted by atomic mass is 16.2. The van der Waals surface area contributed by atoms with E-state index >= 15 is 0 Å². The number of hydrogen-bond donors (Lipinski definition) is 1. The molecule has 3 heterocycles. The molecule has 136 valence electrons. The first kappa shape index (κ1) is 17.0. The van der Waals surface area contributed by atoms with Crippen molar-refractivity contribution in [2.45, 2.75) is 51.1 Å². The molecule has 0 saturated carbocycles. The van der Waals surface area contributed by atoms with Gasteiger partial charge in [0.1, 0.15) is 0 Å². The minimum Gasteiger partial charge on any atom is -0.338 e. The van der Waals surface area contributed by atoms with Gasteiger partial charge in [-0.05, 0) is 62.7 Å². The number of nitrogens with one attached hydrogen (secondary N) is 1. The summed E-state index contributed by atoms with van der Waals surface area (Å²) in [5.41, 5.74) is 1.61. The number of piperidine rings is 3. The predicted octanol–water partition coefficient (Wildman–Crippen LogP) is 2.64. The van der Waals surface area contributed by atoms with E-state index in [0.29, 0.717) is 11.3 Å². The van der Waals surface area contributed by atoms with E-state index in [2.05, 4.69) is 39.4 Å². The summed E-state index contributed by atoms with van der Waals surface area (Å²) in [5.74, 6) is 0.341. The molecule has 0 radical (unpaired) electrons. The molecule has 1 atom stereocenters. The van der Waals surface area contributed by atoms with Gasteiger partial charge in [-0.2, -0.15) is 0 Å². The van der Waals surface area contributed by atoms with E-state index in [1.54, 1.807) is 0 Å². The molecular formula is C21H31N3O. The third kappa shape index (κ3) is 3.90. The molecule has 0 aromatic heterocycles. The maximum Gasteiger partial charge on any atom is 0.222 e. The topological polar surface area (TPSA) is 35.6 Å². The van der Waals surface area contributed by atoms with Crippen molar-refractivity contribution in [3.8, 4) is 0 Å². The molecule has 3 saturated heterocycles. The van der Waals surface area contributed by atoms with Gasteiger partial charge in [0, 0.05) is 32.1 Å². The largest absolute Gasteiger partial charge is 0.338 e. The van der Waals surface area contributed by atoms with Crippen LogP contribution in [0, 0.1) is 5.41 Å². The Balaban J connectivity index is 1.36. The first-order chi connectivity index (χ1) is 12.2. The van der Waals surface area contributed by atoms with Crippen LogP contribution in [-0.2, 0) is 11.3 Å². The molecule has 4 nitrogen and oxygen atoms in total. The number of benzene rings is 1. The van der Waals surface area contributed by atoms with Crippen LogP contribution in [-0.4, -0.2) is 54.5 Å². The van der Waals surface area contributed by atoms with Gasteiger partial charge in [0.05, 0.1) is 0 Å². The molecule has 0 bridgehead atoms. The highest BCUT2D eigenvalue weighted by Gasteiger charge is 2.41. The van der Waals surface area contributed by atoms with E-state index in [-0.39, 0.29) is 0 Å². The maximum absolute atomic E-state index is 12.4. The van der Waals surface area contributed by atoms with Crippen molar-refractivity contribution in [2.24, 2.45) is 5.41 Å². The van der Waals surface area contributed by atoms with Gasteiger partial charge in [-0.3, -0.25) is 9.69 Å². The van der Waals surface area contributed by atoms with E-state index < -0.39 is 0 Å². The average molecular weight is 341 g/mol. The van der Waals surface area contributed by atoms with Gasteiger partial charge in [-0.1, -0.05) is 30.3 Å². The minimum atomic E-state index is 0.341. The summed E-state index contributed by atoms with van der Waals surface area (Å²) in [4.78, 5) is 17.3. The fraction of sp³-hybridized carbons (Fsp3) is 0.667. The van der Waals surface area contributed by atoms with Crippen LogP contribution in [0.3, 0.4) is 0 Å². The fourth-order valence-electron chi connectivity index (χ4n) is 4.97. The van der Waals surface area contributed by atoms with Crippen LogP contribution in [0.5, 0.6) is 0 Å². The number of carbonyl (C=O) groups excluding carboxylic acids is 1. The molecule has 4 rings (SSSR count). The monoisotopic (exact) mass is 341 g/mol. The number of hydrogen-bond acceptors (Lipinski definition) is 3. The maximum atomic E-state index is 12.4. The SMILES string of the molecule is O=C1CCC2(CCN(C3CCCNC3)CC2)CN1Cc1ccccc1. The summed E-state index contributed by atoms with van der Waals surface area (Å²) < 4.78 is 0. The Morgan fingerprint density at radius 1 is 1.12 bits per heavy atom. The van der Waals surface area contributed by atoms with Gasteiger partial charge in [-0.25, -0.2) is 0 Å². The molecule has 3 aliphatic rings. The summed E-state index contributed by atoms with van der Waals surface area (Å²) in [7, 11) is 0. The first-order valence-electron chi connectivity index (χ1n) is 10.0. The highest BCUT2D eigenvalue weighted by molar-refractivity contribution is 5.77. The van der Waals surface area contributed by atoms with Crippen LogP contribution in [0.4, 0.5) is 0 Å². The lowest BCUT2D eigenvalue weighted by atomic mass is 9.72. The molecule has 1 aromatic rings. The lowest BCUT2D eigenvalue weighted by molar-refractivity contribution is -0.140. The molecule has 1 aromatic carbocycles. The van der Waals surface area contributed by atoms with Gasteiger partial charge < -0.3 is 10.2 Å². The second kappa shape index (κ2) is 7.46. The van der Waals surface area contributed by atoms with Gasteiger partial charge in [0.15, 0.2) is 0 Å². The zero-order chi connectivity index (χ0) is 17.1. The number of likely N-dealkylation sites (tertiary alicyclic amines) is 2. The van der Waals surface area contributed by atoms with Gasteiger partial charge in [-0.15, -0.1) is 0 Å². The van der Waals surface area contributed by atoms with Crippen LogP contribution >= 0.6 is 0 Å². The minimum absolute atomic E-state index is 0.341. The Morgan fingerprint density at radius 2 is 1.92 bits per heavy atom. The second-order valence-corrected chi connectivity index (χ2v) is 8.27.